The van der Waals surface area contributed by atoms with Crippen LogP contribution >= 0.6 is 0 Å². The molecule has 2 aromatic carbocycles. The molecule has 1 nitrogen and oxygen atoms in total. The number of nitrogens with zero attached hydrogens (tertiary/aromatic N) is 1. The molecule has 0 spiro atoms. The minimum absolute atomic E-state index is 0.0154. The number of aryl methyl sites for hydroxylation is 2. The second-order valence-electron chi connectivity index (χ2n) is 8.21. The number of fused-ring (bicyclic) bond motifs is 6. The predicted octanol–water partition coefficient (Wildman–Crippen LogP) is 5.48. The fourth-order valence-corrected chi connectivity index (χ4v) is 5.03. The lowest BCUT2D eigenvalue weighted by Gasteiger charge is -2.25. The summed E-state index contributed by atoms with van der Waals surface area (Å²) in [7, 11) is 0. The van der Waals surface area contributed by atoms with Crippen LogP contribution in [0.15, 0.2) is 72.9 Å². The smallest absolute Gasteiger partial charge is 0.188 e. The molecule has 0 bridgehead atoms. The molecule has 0 N–H and O–H groups in total. The van der Waals surface area contributed by atoms with Gasteiger partial charge in [-0.1, -0.05) is 42.5 Å². The lowest BCUT2D eigenvalue weighted by molar-refractivity contribution is -0.727. The summed E-state index contributed by atoms with van der Waals surface area (Å²) in [6.45, 7) is 13.5. The van der Waals surface area contributed by atoms with Crippen molar-refractivity contribution in [1.29, 1.82) is 0 Å². The summed E-state index contributed by atoms with van der Waals surface area (Å²) in [5, 5.41) is 0. The zero-order valence-corrected chi connectivity index (χ0v) is 15.9. The lowest BCUT2D eigenvalue weighted by Crippen LogP contribution is -2.52. The second-order valence-corrected chi connectivity index (χ2v) is 8.21. The molecule has 26 heavy (non-hydrogen) atoms. The van der Waals surface area contributed by atoms with Crippen LogP contribution in [0, 0.1) is 13.8 Å². The van der Waals surface area contributed by atoms with E-state index >= 15 is 0 Å². The molecular formula is C25H24N+. The zero-order valence-electron chi connectivity index (χ0n) is 15.9. The van der Waals surface area contributed by atoms with Crippen molar-refractivity contribution in [3.8, 4) is 22.4 Å². The van der Waals surface area contributed by atoms with Gasteiger partial charge >= 0.3 is 0 Å². The molecule has 5 rings (SSSR count). The van der Waals surface area contributed by atoms with Crippen molar-refractivity contribution in [3.63, 3.8) is 0 Å². The number of pyridine rings is 1. The molecule has 2 heterocycles. The Balaban J connectivity index is 1.80. The fraction of sp³-hybridized carbons (Fsp3) is 0.240. The van der Waals surface area contributed by atoms with Crippen LogP contribution in [0.1, 0.15) is 30.5 Å². The van der Waals surface area contributed by atoms with Crippen LogP contribution in [0.5, 0.6) is 0 Å². The number of allylic oxidation sites excluding steroid dienone is 1. The van der Waals surface area contributed by atoms with E-state index in [2.05, 4.69) is 99.6 Å². The van der Waals surface area contributed by atoms with E-state index in [4.69, 9.17) is 0 Å². The van der Waals surface area contributed by atoms with Gasteiger partial charge in [-0.25, -0.2) is 0 Å². The standard InChI is InChI=1S/C25H24N/c1-16-9-10-17(2)20(14-16)19-11-12-22-21(15-19)23-8-6-7-13-26(23)25(5)18(3)24(22,25)4/h6-15H,3H2,1-2,4-5H3/q+1. The van der Waals surface area contributed by atoms with Gasteiger partial charge in [-0.15, -0.1) is 0 Å². The molecule has 3 aromatic rings. The third-order valence-electron chi connectivity index (χ3n) is 6.98. The molecule has 1 aliphatic carbocycles. The maximum Gasteiger partial charge on any atom is 0.213 e. The molecular weight excluding hydrogens is 314 g/mol. The third-order valence-corrected chi connectivity index (χ3v) is 6.98. The summed E-state index contributed by atoms with van der Waals surface area (Å²) < 4.78 is 2.42. The number of hydrogen-bond acceptors (Lipinski definition) is 0. The minimum Gasteiger partial charge on any atom is -0.188 e. The fourth-order valence-electron chi connectivity index (χ4n) is 5.03. The zero-order chi connectivity index (χ0) is 18.3. The Labute approximate surface area is 155 Å². The van der Waals surface area contributed by atoms with E-state index in [0.717, 1.165) is 0 Å². The van der Waals surface area contributed by atoms with E-state index in [0.29, 0.717) is 0 Å². The topological polar surface area (TPSA) is 3.88 Å². The molecule has 2 aliphatic rings. The van der Waals surface area contributed by atoms with Crippen LogP contribution in [-0.4, -0.2) is 0 Å². The van der Waals surface area contributed by atoms with Crippen molar-refractivity contribution in [2.24, 2.45) is 0 Å². The summed E-state index contributed by atoms with van der Waals surface area (Å²) in [5.41, 5.74) is 10.6. The van der Waals surface area contributed by atoms with Crippen molar-refractivity contribution in [2.45, 2.75) is 38.6 Å². The van der Waals surface area contributed by atoms with Gasteiger partial charge in [0.1, 0.15) is 0 Å². The molecule has 2 atom stereocenters. The molecule has 1 fully saturated rings. The number of rotatable bonds is 1. The number of hydrogen-bond donors (Lipinski definition) is 0. The van der Waals surface area contributed by atoms with Crippen LogP contribution < -0.4 is 4.57 Å². The molecule has 1 heteroatoms. The van der Waals surface area contributed by atoms with Gasteiger partial charge < -0.3 is 0 Å². The maximum atomic E-state index is 4.44. The van der Waals surface area contributed by atoms with Crippen molar-refractivity contribution in [1.82, 2.24) is 0 Å². The Hall–Kier alpha value is -2.67. The summed E-state index contributed by atoms with van der Waals surface area (Å²) in [4.78, 5) is 0. The number of aromatic nitrogens is 1. The average molecular weight is 338 g/mol. The van der Waals surface area contributed by atoms with Gasteiger partial charge in [-0.3, -0.25) is 0 Å². The number of benzene rings is 2. The summed E-state index contributed by atoms with van der Waals surface area (Å²) in [6, 6.07) is 20.2. The lowest BCUT2D eigenvalue weighted by atomic mass is 9.82. The normalized spacial score (nSPS) is 25.3. The maximum absolute atomic E-state index is 4.44. The Morgan fingerprint density at radius 1 is 0.885 bits per heavy atom. The van der Waals surface area contributed by atoms with E-state index in [1.807, 2.05) is 0 Å². The molecule has 1 aromatic heterocycles. The van der Waals surface area contributed by atoms with E-state index in [9.17, 15) is 0 Å². The van der Waals surface area contributed by atoms with Crippen molar-refractivity contribution < 1.29 is 4.57 Å². The minimum atomic E-state index is -0.0165. The van der Waals surface area contributed by atoms with Crippen LogP contribution in [0.4, 0.5) is 0 Å². The highest BCUT2D eigenvalue weighted by Gasteiger charge is 2.77. The van der Waals surface area contributed by atoms with Gasteiger partial charge in [0.2, 0.25) is 11.2 Å². The summed E-state index contributed by atoms with van der Waals surface area (Å²) in [5.74, 6) is 0. The first kappa shape index (κ1) is 15.6. The summed E-state index contributed by atoms with van der Waals surface area (Å²) >= 11 is 0. The molecule has 0 radical (unpaired) electrons. The molecule has 1 aliphatic heterocycles. The highest BCUT2D eigenvalue weighted by Crippen LogP contribution is 2.67. The molecule has 2 unspecified atom stereocenters. The summed E-state index contributed by atoms with van der Waals surface area (Å²) in [6.07, 6.45) is 2.21. The first-order valence-corrected chi connectivity index (χ1v) is 9.32. The van der Waals surface area contributed by atoms with E-state index in [-0.39, 0.29) is 11.0 Å². The molecule has 0 saturated heterocycles. The second kappa shape index (κ2) is 4.73. The molecule has 0 amide bonds. The van der Waals surface area contributed by atoms with Crippen LogP contribution in [0.2, 0.25) is 0 Å². The SMILES string of the molecule is C=C1C2(C)c3ccc(-c4cc(C)ccc4C)cc3-c3cccc[n+]3C12C. The monoisotopic (exact) mass is 338 g/mol. The Kier molecular flexibility index (Phi) is 2.84. The van der Waals surface area contributed by atoms with Crippen molar-refractivity contribution in [2.75, 3.05) is 0 Å². The van der Waals surface area contributed by atoms with Gasteiger partial charge in [0, 0.05) is 24.6 Å². The predicted molar refractivity (Wildman–Crippen MR) is 107 cm³/mol. The first-order chi connectivity index (χ1) is 12.4. The van der Waals surface area contributed by atoms with Crippen molar-refractivity contribution in [3.05, 3.63) is 89.6 Å². The Morgan fingerprint density at radius 3 is 2.50 bits per heavy atom. The Morgan fingerprint density at radius 2 is 1.69 bits per heavy atom. The first-order valence-electron chi connectivity index (χ1n) is 9.32. The highest BCUT2D eigenvalue weighted by atomic mass is 15.2. The van der Waals surface area contributed by atoms with E-state index < -0.39 is 0 Å². The van der Waals surface area contributed by atoms with Gasteiger partial charge in [-0.05, 0) is 55.2 Å². The van der Waals surface area contributed by atoms with Crippen LogP contribution in [0.3, 0.4) is 0 Å². The highest BCUT2D eigenvalue weighted by molar-refractivity contribution is 5.80. The quantitative estimate of drug-likeness (QED) is 0.408. The van der Waals surface area contributed by atoms with Crippen LogP contribution in [-0.2, 0) is 11.0 Å². The van der Waals surface area contributed by atoms with Gasteiger partial charge in [0.05, 0.1) is 11.0 Å². The van der Waals surface area contributed by atoms with E-state index in [1.54, 1.807) is 0 Å². The van der Waals surface area contributed by atoms with Gasteiger partial charge in [0.25, 0.3) is 0 Å². The van der Waals surface area contributed by atoms with Gasteiger partial charge in [-0.2, -0.15) is 4.57 Å². The average Bonchev–Trinajstić information content (AvgIpc) is 3.12. The molecule has 128 valence electrons. The van der Waals surface area contributed by atoms with Crippen molar-refractivity contribution >= 4 is 0 Å². The third kappa shape index (κ3) is 1.64. The van der Waals surface area contributed by atoms with Crippen LogP contribution in [0.25, 0.3) is 22.4 Å². The Bertz CT molecular complexity index is 1110. The van der Waals surface area contributed by atoms with E-state index in [1.165, 1.54) is 44.6 Å². The van der Waals surface area contributed by atoms with Gasteiger partial charge in [0.15, 0.2) is 6.20 Å². The largest absolute Gasteiger partial charge is 0.213 e. The molecule has 1 saturated carbocycles.